The highest BCUT2D eigenvalue weighted by Crippen LogP contribution is 2.24. The van der Waals surface area contributed by atoms with Crippen molar-refractivity contribution in [2.24, 2.45) is 0 Å². The Morgan fingerprint density at radius 3 is 1.89 bits per heavy atom. The van der Waals surface area contributed by atoms with E-state index in [0.29, 0.717) is 16.8 Å². The smallest absolute Gasteiger partial charge is 0.339 e. The van der Waals surface area contributed by atoms with Crippen LogP contribution in [0.5, 0.6) is 0 Å². The highest BCUT2D eigenvalue weighted by atomic mass is 16.5. The van der Waals surface area contributed by atoms with Gasteiger partial charge in [-0.3, -0.25) is 9.59 Å². The predicted octanol–water partition coefficient (Wildman–Crippen LogP) is 4.43. The summed E-state index contributed by atoms with van der Waals surface area (Å²) in [6.45, 7) is 1.40. The van der Waals surface area contributed by atoms with Gasteiger partial charge in [0.2, 0.25) is 11.7 Å². The Bertz CT molecular complexity index is 967. The van der Waals surface area contributed by atoms with Crippen molar-refractivity contribution in [3.8, 4) is 0 Å². The molecule has 3 aromatic rings. The Morgan fingerprint density at radius 1 is 0.750 bits per heavy atom. The van der Waals surface area contributed by atoms with Crippen LogP contribution in [0.1, 0.15) is 39.3 Å². The number of rotatable bonds is 6. The maximum absolute atomic E-state index is 13.0. The van der Waals surface area contributed by atoms with Crippen LogP contribution in [0.15, 0.2) is 84.9 Å². The Morgan fingerprint density at radius 2 is 1.32 bits per heavy atom. The molecule has 0 aliphatic carbocycles. The normalized spacial score (nSPS) is 11.3. The first-order valence-corrected chi connectivity index (χ1v) is 8.77. The summed E-state index contributed by atoms with van der Waals surface area (Å²) in [5, 5.41) is 2.63. The van der Waals surface area contributed by atoms with Gasteiger partial charge in [-0.25, -0.2) is 4.79 Å². The molecule has 1 amide bonds. The van der Waals surface area contributed by atoms with Gasteiger partial charge in [-0.2, -0.15) is 0 Å². The molecule has 0 fully saturated rings. The minimum atomic E-state index is -1.05. The van der Waals surface area contributed by atoms with Crippen molar-refractivity contribution >= 4 is 23.3 Å². The summed E-state index contributed by atoms with van der Waals surface area (Å²) in [5.41, 5.74) is 1.92. The van der Waals surface area contributed by atoms with Crippen molar-refractivity contribution in [3.05, 3.63) is 102 Å². The second-order valence-corrected chi connectivity index (χ2v) is 6.18. The molecule has 1 atom stereocenters. The molecule has 0 radical (unpaired) electrons. The zero-order chi connectivity index (χ0) is 19.9. The molecule has 0 spiro atoms. The number of hydrogen-bond acceptors (Lipinski definition) is 4. The van der Waals surface area contributed by atoms with E-state index in [0.717, 1.165) is 0 Å². The van der Waals surface area contributed by atoms with E-state index < -0.39 is 12.1 Å². The van der Waals surface area contributed by atoms with Crippen LogP contribution in [-0.2, 0) is 9.53 Å². The zero-order valence-corrected chi connectivity index (χ0v) is 15.3. The number of esters is 1. The molecule has 3 aromatic carbocycles. The molecular weight excluding hydrogens is 354 g/mol. The van der Waals surface area contributed by atoms with E-state index in [-0.39, 0.29) is 17.3 Å². The molecule has 5 nitrogen and oxygen atoms in total. The van der Waals surface area contributed by atoms with Crippen LogP contribution in [0.4, 0.5) is 5.69 Å². The lowest BCUT2D eigenvalue weighted by atomic mass is 10.00. The SMILES string of the molecule is CC(=O)Nc1ccc(C(=O)O[C@H](C(=O)c2ccccc2)c2ccccc2)cc1. The van der Waals surface area contributed by atoms with Gasteiger partial charge in [0.1, 0.15) is 0 Å². The average Bonchev–Trinajstić information content (AvgIpc) is 2.73. The first-order valence-electron chi connectivity index (χ1n) is 8.77. The maximum Gasteiger partial charge on any atom is 0.339 e. The van der Waals surface area contributed by atoms with Gasteiger partial charge in [-0.1, -0.05) is 60.7 Å². The minimum Gasteiger partial charge on any atom is -0.445 e. The van der Waals surface area contributed by atoms with Crippen LogP contribution in [0.25, 0.3) is 0 Å². The topological polar surface area (TPSA) is 72.5 Å². The van der Waals surface area contributed by atoms with Gasteiger partial charge in [-0.05, 0) is 24.3 Å². The second kappa shape index (κ2) is 8.77. The molecule has 0 aliphatic heterocycles. The number of carbonyl (C=O) groups excluding carboxylic acids is 3. The van der Waals surface area contributed by atoms with Crippen molar-refractivity contribution in [2.45, 2.75) is 13.0 Å². The standard InChI is InChI=1S/C23H19NO4/c1-16(25)24-20-14-12-19(13-15-20)23(27)28-22(18-10-6-3-7-11-18)21(26)17-8-4-2-5-9-17/h2-15,22H,1H3,(H,24,25)/t22-/m0/s1. The Kier molecular flexibility index (Phi) is 5.97. The van der Waals surface area contributed by atoms with Crippen molar-refractivity contribution in [1.29, 1.82) is 0 Å². The summed E-state index contributed by atoms with van der Waals surface area (Å²) in [7, 11) is 0. The number of anilines is 1. The number of nitrogens with one attached hydrogen (secondary N) is 1. The molecular formula is C23H19NO4. The number of Topliss-reactive ketones (excluding diaryl/α,β-unsaturated/α-hetero) is 1. The van der Waals surface area contributed by atoms with Crippen molar-refractivity contribution in [2.75, 3.05) is 5.32 Å². The number of ketones is 1. The van der Waals surface area contributed by atoms with Crippen LogP contribution in [-0.4, -0.2) is 17.7 Å². The lowest BCUT2D eigenvalue weighted by molar-refractivity contribution is -0.114. The van der Waals surface area contributed by atoms with Crippen LogP contribution < -0.4 is 5.32 Å². The fourth-order valence-electron chi connectivity index (χ4n) is 2.72. The molecule has 0 heterocycles. The van der Waals surface area contributed by atoms with Gasteiger partial charge in [0.05, 0.1) is 5.56 Å². The van der Waals surface area contributed by atoms with Crippen LogP contribution in [0.2, 0.25) is 0 Å². The molecule has 0 aromatic heterocycles. The number of hydrogen-bond donors (Lipinski definition) is 1. The first-order chi connectivity index (χ1) is 13.5. The fraction of sp³-hybridized carbons (Fsp3) is 0.0870. The van der Waals surface area contributed by atoms with E-state index >= 15 is 0 Å². The number of benzene rings is 3. The van der Waals surface area contributed by atoms with Gasteiger partial charge < -0.3 is 10.1 Å². The summed E-state index contributed by atoms with van der Waals surface area (Å²) < 4.78 is 5.58. The van der Waals surface area contributed by atoms with Gasteiger partial charge in [-0.15, -0.1) is 0 Å². The monoisotopic (exact) mass is 373 g/mol. The van der Waals surface area contributed by atoms with Gasteiger partial charge in [0, 0.05) is 23.7 Å². The third-order valence-electron chi connectivity index (χ3n) is 4.06. The third kappa shape index (κ3) is 4.71. The van der Waals surface area contributed by atoms with Crippen molar-refractivity contribution in [1.82, 2.24) is 0 Å². The number of carbonyl (C=O) groups is 3. The predicted molar refractivity (Wildman–Crippen MR) is 106 cm³/mol. The second-order valence-electron chi connectivity index (χ2n) is 6.18. The maximum atomic E-state index is 13.0. The highest BCUT2D eigenvalue weighted by molar-refractivity contribution is 6.02. The largest absolute Gasteiger partial charge is 0.445 e. The molecule has 0 saturated carbocycles. The van der Waals surface area contributed by atoms with Gasteiger partial charge >= 0.3 is 5.97 Å². The molecule has 3 rings (SSSR count). The Labute approximate surface area is 163 Å². The summed E-state index contributed by atoms with van der Waals surface area (Å²) in [6, 6.07) is 23.9. The van der Waals surface area contributed by atoms with Crippen LogP contribution >= 0.6 is 0 Å². The van der Waals surface area contributed by atoms with Crippen LogP contribution in [0, 0.1) is 0 Å². The summed E-state index contributed by atoms with van der Waals surface area (Å²) in [4.78, 5) is 36.7. The molecule has 0 unspecified atom stereocenters. The zero-order valence-electron chi connectivity index (χ0n) is 15.3. The highest BCUT2D eigenvalue weighted by Gasteiger charge is 2.26. The lowest BCUT2D eigenvalue weighted by Crippen LogP contribution is -2.20. The van der Waals surface area contributed by atoms with E-state index in [1.807, 2.05) is 12.1 Å². The van der Waals surface area contributed by atoms with Crippen LogP contribution in [0.3, 0.4) is 0 Å². The van der Waals surface area contributed by atoms with Crippen molar-refractivity contribution in [3.63, 3.8) is 0 Å². The Balaban J connectivity index is 1.84. The summed E-state index contributed by atoms with van der Waals surface area (Å²) >= 11 is 0. The van der Waals surface area contributed by atoms with E-state index in [9.17, 15) is 14.4 Å². The summed E-state index contributed by atoms with van der Waals surface area (Å²) in [5.74, 6) is -1.12. The number of amides is 1. The number of ether oxygens (including phenoxy) is 1. The summed E-state index contributed by atoms with van der Waals surface area (Å²) in [6.07, 6.45) is -1.05. The first kappa shape index (κ1) is 19.0. The van der Waals surface area contributed by atoms with Gasteiger partial charge in [0.25, 0.3) is 0 Å². The van der Waals surface area contributed by atoms with E-state index in [1.54, 1.807) is 72.8 Å². The molecule has 0 saturated heterocycles. The average molecular weight is 373 g/mol. The van der Waals surface area contributed by atoms with Gasteiger partial charge in [0.15, 0.2) is 6.10 Å². The molecule has 1 N–H and O–H groups in total. The van der Waals surface area contributed by atoms with E-state index in [4.69, 9.17) is 4.74 Å². The van der Waals surface area contributed by atoms with Crippen molar-refractivity contribution < 1.29 is 19.1 Å². The minimum absolute atomic E-state index is 0.201. The molecule has 0 aliphatic rings. The van der Waals surface area contributed by atoms with E-state index in [2.05, 4.69) is 5.32 Å². The third-order valence-corrected chi connectivity index (χ3v) is 4.06. The van der Waals surface area contributed by atoms with E-state index in [1.165, 1.54) is 6.92 Å². The lowest BCUT2D eigenvalue weighted by Gasteiger charge is -2.17. The Hall–Kier alpha value is -3.73. The molecule has 28 heavy (non-hydrogen) atoms. The quantitative estimate of drug-likeness (QED) is 0.513. The molecule has 5 heteroatoms. The molecule has 0 bridgehead atoms. The molecule has 140 valence electrons. The fourth-order valence-corrected chi connectivity index (χ4v) is 2.72.